The monoisotopic (exact) mass is 237 g/mol. The molecule has 1 aromatic rings. The topological polar surface area (TPSA) is 93.0 Å². The lowest BCUT2D eigenvalue weighted by Crippen LogP contribution is -2.31. The van der Waals surface area contributed by atoms with Gasteiger partial charge in [0.05, 0.1) is 4.92 Å². The van der Waals surface area contributed by atoms with Gasteiger partial charge in [-0.2, -0.15) is 0 Å². The number of rotatable bonds is 4. The van der Waals surface area contributed by atoms with Crippen molar-refractivity contribution < 1.29 is 4.92 Å². The number of anilines is 1. The smallest absolute Gasteiger partial charge is 0.305 e. The Balaban J connectivity index is 1.84. The quantitative estimate of drug-likeness (QED) is 0.594. The van der Waals surface area contributed by atoms with Crippen molar-refractivity contribution in [2.45, 2.75) is 12.8 Å². The standard InChI is InChI=1S/C10H15N5O2/c16-15(17)9-6-13-10(14-7-9)12-5-8-1-3-11-4-2-8/h6-8,11H,1-5H2,(H,12,13,14). The predicted molar refractivity (Wildman–Crippen MR) is 62.8 cm³/mol. The molecule has 2 rings (SSSR count). The highest BCUT2D eigenvalue weighted by Gasteiger charge is 2.13. The van der Waals surface area contributed by atoms with Gasteiger partial charge in [0.25, 0.3) is 0 Å². The number of nitro groups is 1. The van der Waals surface area contributed by atoms with Gasteiger partial charge in [0.2, 0.25) is 5.95 Å². The summed E-state index contributed by atoms with van der Waals surface area (Å²) in [6, 6.07) is 0. The van der Waals surface area contributed by atoms with E-state index < -0.39 is 4.92 Å². The van der Waals surface area contributed by atoms with Gasteiger partial charge in [-0.05, 0) is 31.8 Å². The Morgan fingerprint density at radius 2 is 2.06 bits per heavy atom. The SMILES string of the molecule is O=[N+]([O-])c1cnc(NCC2CCNCC2)nc1. The first-order valence-corrected chi connectivity index (χ1v) is 5.67. The molecule has 1 aliphatic rings. The molecule has 1 aliphatic heterocycles. The summed E-state index contributed by atoms with van der Waals surface area (Å²) in [5.74, 6) is 1.07. The van der Waals surface area contributed by atoms with Crippen LogP contribution in [0, 0.1) is 16.0 Å². The second-order valence-electron chi connectivity index (χ2n) is 4.10. The number of piperidine rings is 1. The number of aromatic nitrogens is 2. The summed E-state index contributed by atoms with van der Waals surface area (Å²) in [6.45, 7) is 2.92. The van der Waals surface area contributed by atoms with E-state index >= 15 is 0 Å². The Hall–Kier alpha value is -1.76. The van der Waals surface area contributed by atoms with Gasteiger partial charge in [-0.15, -0.1) is 0 Å². The summed E-state index contributed by atoms with van der Waals surface area (Å²) >= 11 is 0. The van der Waals surface area contributed by atoms with Crippen molar-refractivity contribution in [2.75, 3.05) is 25.0 Å². The largest absolute Gasteiger partial charge is 0.354 e. The summed E-state index contributed by atoms with van der Waals surface area (Å²) in [7, 11) is 0. The highest BCUT2D eigenvalue weighted by atomic mass is 16.6. The third-order valence-electron chi connectivity index (χ3n) is 2.86. The van der Waals surface area contributed by atoms with Crippen LogP contribution in [-0.2, 0) is 0 Å². The van der Waals surface area contributed by atoms with Crippen LogP contribution in [0.4, 0.5) is 11.6 Å². The first-order valence-electron chi connectivity index (χ1n) is 5.67. The highest BCUT2D eigenvalue weighted by Crippen LogP contribution is 2.13. The van der Waals surface area contributed by atoms with Crippen molar-refractivity contribution in [3.8, 4) is 0 Å². The fraction of sp³-hybridized carbons (Fsp3) is 0.600. The molecular weight excluding hydrogens is 222 g/mol. The summed E-state index contributed by atoms with van der Waals surface area (Å²) in [4.78, 5) is 17.7. The first kappa shape index (κ1) is 11.7. The first-order chi connectivity index (χ1) is 8.25. The lowest BCUT2D eigenvalue weighted by molar-refractivity contribution is -0.385. The molecule has 1 saturated heterocycles. The summed E-state index contributed by atoms with van der Waals surface area (Å²) in [6.07, 6.45) is 4.72. The fourth-order valence-electron chi connectivity index (χ4n) is 1.83. The van der Waals surface area contributed by atoms with Crippen LogP contribution in [0.25, 0.3) is 0 Å². The highest BCUT2D eigenvalue weighted by molar-refractivity contribution is 5.30. The van der Waals surface area contributed by atoms with Gasteiger partial charge < -0.3 is 10.6 Å². The molecule has 2 N–H and O–H groups in total. The van der Waals surface area contributed by atoms with Gasteiger partial charge in [0, 0.05) is 6.54 Å². The van der Waals surface area contributed by atoms with E-state index in [0.717, 1.165) is 32.5 Å². The molecule has 0 unspecified atom stereocenters. The molecule has 0 spiro atoms. The normalized spacial score (nSPS) is 16.7. The molecule has 0 bridgehead atoms. The van der Waals surface area contributed by atoms with Crippen molar-refractivity contribution in [3.05, 3.63) is 22.5 Å². The Labute approximate surface area is 98.8 Å². The Bertz CT molecular complexity index is 375. The van der Waals surface area contributed by atoms with Crippen LogP contribution in [0.2, 0.25) is 0 Å². The molecule has 0 aliphatic carbocycles. The average Bonchev–Trinajstić information content (AvgIpc) is 2.38. The van der Waals surface area contributed by atoms with Crippen LogP contribution >= 0.6 is 0 Å². The van der Waals surface area contributed by atoms with Gasteiger partial charge in [-0.25, -0.2) is 9.97 Å². The molecule has 1 fully saturated rings. The zero-order chi connectivity index (χ0) is 12.1. The van der Waals surface area contributed by atoms with Gasteiger partial charge in [0.1, 0.15) is 12.4 Å². The van der Waals surface area contributed by atoms with Gasteiger partial charge in [-0.3, -0.25) is 10.1 Å². The average molecular weight is 237 g/mol. The van der Waals surface area contributed by atoms with Crippen LogP contribution in [0.15, 0.2) is 12.4 Å². The number of nitrogens with one attached hydrogen (secondary N) is 2. The molecule has 92 valence electrons. The molecule has 1 aromatic heterocycles. The van der Waals surface area contributed by atoms with E-state index in [1.807, 2.05) is 0 Å². The van der Waals surface area contributed by atoms with Crippen molar-refractivity contribution >= 4 is 11.6 Å². The van der Waals surface area contributed by atoms with E-state index in [2.05, 4.69) is 20.6 Å². The Morgan fingerprint density at radius 1 is 1.41 bits per heavy atom. The number of hydrogen-bond donors (Lipinski definition) is 2. The second kappa shape index (κ2) is 5.53. The molecule has 7 nitrogen and oxygen atoms in total. The Morgan fingerprint density at radius 3 is 2.65 bits per heavy atom. The molecule has 0 amide bonds. The van der Waals surface area contributed by atoms with E-state index in [1.54, 1.807) is 0 Å². The molecule has 2 heterocycles. The number of hydrogen-bond acceptors (Lipinski definition) is 6. The molecule has 7 heteroatoms. The molecule has 17 heavy (non-hydrogen) atoms. The minimum atomic E-state index is -0.503. The lowest BCUT2D eigenvalue weighted by Gasteiger charge is -2.22. The van der Waals surface area contributed by atoms with Crippen LogP contribution in [-0.4, -0.2) is 34.5 Å². The van der Waals surface area contributed by atoms with Gasteiger partial charge >= 0.3 is 5.69 Å². The van der Waals surface area contributed by atoms with E-state index in [0.29, 0.717) is 11.9 Å². The number of nitrogens with zero attached hydrogens (tertiary/aromatic N) is 3. The predicted octanol–water partition coefficient (Wildman–Crippen LogP) is 0.796. The maximum absolute atomic E-state index is 10.4. The zero-order valence-electron chi connectivity index (χ0n) is 9.43. The van der Waals surface area contributed by atoms with Crippen molar-refractivity contribution in [1.29, 1.82) is 0 Å². The molecule has 0 aromatic carbocycles. The molecule has 0 saturated carbocycles. The van der Waals surface area contributed by atoms with E-state index in [-0.39, 0.29) is 5.69 Å². The third kappa shape index (κ3) is 3.35. The van der Waals surface area contributed by atoms with Crippen LogP contribution in [0.1, 0.15) is 12.8 Å². The van der Waals surface area contributed by atoms with Crippen LogP contribution < -0.4 is 10.6 Å². The minimum Gasteiger partial charge on any atom is -0.354 e. The lowest BCUT2D eigenvalue weighted by atomic mass is 9.98. The van der Waals surface area contributed by atoms with Crippen molar-refractivity contribution in [1.82, 2.24) is 15.3 Å². The second-order valence-corrected chi connectivity index (χ2v) is 4.10. The van der Waals surface area contributed by atoms with Gasteiger partial charge in [-0.1, -0.05) is 0 Å². The van der Waals surface area contributed by atoms with Gasteiger partial charge in [0.15, 0.2) is 0 Å². The van der Waals surface area contributed by atoms with Crippen LogP contribution in [0.5, 0.6) is 0 Å². The van der Waals surface area contributed by atoms with Crippen molar-refractivity contribution in [3.63, 3.8) is 0 Å². The maximum atomic E-state index is 10.4. The third-order valence-corrected chi connectivity index (χ3v) is 2.86. The van der Waals surface area contributed by atoms with Crippen LogP contribution in [0.3, 0.4) is 0 Å². The van der Waals surface area contributed by atoms with E-state index in [9.17, 15) is 10.1 Å². The summed E-state index contributed by atoms with van der Waals surface area (Å²) in [5, 5.41) is 16.8. The van der Waals surface area contributed by atoms with Crippen molar-refractivity contribution in [2.24, 2.45) is 5.92 Å². The summed E-state index contributed by atoms with van der Waals surface area (Å²) < 4.78 is 0. The fourth-order valence-corrected chi connectivity index (χ4v) is 1.83. The zero-order valence-corrected chi connectivity index (χ0v) is 9.43. The Kier molecular flexibility index (Phi) is 3.81. The maximum Gasteiger partial charge on any atom is 0.305 e. The molecule has 0 atom stereocenters. The molecule has 0 radical (unpaired) electrons. The van der Waals surface area contributed by atoms with E-state index in [1.165, 1.54) is 12.4 Å². The van der Waals surface area contributed by atoms with E-state index in [4.69, 9.17) is 0 Å². The molecular formula is C10H15N5O2. The summed E-state index contributed by atoms with van der Waals surface area (Å²) in [5.41, 5.74) is -0.0857. The minimum absolute atomic E-state index is 0.0857.